The molecule has 1 unspecified atom stereocenters. The summed E-state index contributed by atoms with van der Waals surface area (Å²) in [6, 6.07) is 9.39. The lowest BCUT2D eigenvalue weighted by Crippen LogP contribution is -2.15. The standard InChI is InChI=1S/C12H15NO/c1-9(2)12(14)8-11(13)10-6-4-3-5-7-10/h3-7,11H,1,8,13H2,2H3. The highest BCUT2D eigenvalue weighted by Gasteiger charge is 2.11. The van der Waals surface area contributed by atoms with Crippen molar-refractivity contribution in [1.29, 1.82) is 0 Å². The first-order chi connectivity index (χ1) is 6.61. The first-order valence-corrected chi connectivity index (χ1v) is 4.60. The molecule has 2 N–H and O–H groups in total. The van der Waals surface area contributed by atoms with Crippen molar-refractivity contribution in [3.8, 4) is 0 Å². The quantitative estimate of drug-likeness (QED) is 0.738. The van der Waals surface area contributed by atoms with E-state index >= 15 is 0 Å². The van der Waals surface area contributed by atoms with E-state index in [-0.39, 0.29) is 11.8 Å². The number of Topliss-reactive ketones (excluding diaryl/α,β-unsaturated/α-hetero) is 1. The van der Waals surface area contributed by atoms with E-state index in [1.54, 1.807) is 6.92 Å². The third-order valence-electron chi connectivity index (χ3n) is 2.11. The average Bonchev–Trinajstić information content (AvgIpc) is 2.19. The van der Waals surface area contributed by atoms with E-state index in [0.717, 1.165) is 5.56 Å². The Hall–Kier alpha value is -1.41. The number of nitrogens with two attached hydrogens (primary N) is 1. The molecule has 1 rings (SSSR count). The molecule has 0 heterocycles. The van der Waals surface area contributed by atoms with Crippen LogP contribution in [0.5, 0.6) is 0 Å². The Morgan fingerprint density at radius 2 is 2.00 bits per heavy atom. The molecule has 0 aromatic heterocycles. The Morgan fingerprint density at radius 3 is 2.50 bits per heavy atom. The van der Waals surface area contributed by atoms with Gasteiger partial charge >= 0.3 is 0 Å². The zero-order valence-corrected chi connectivity index (χ0v) is 8.36. The summed E-state index contributed by atoms with van der Waals surface area (Å²) in [7, 11) is 0. The fourth-order valence-electron chi connectivity index (χ4n) is 1.19. The first kappa shape index (κ1) is 10.7. The van der Waals surface area contributed by atoms with Crippen LogP contribution in [0, 0.1) is 0 Å². The molecule has 0 fully saturated rings. The van der Waals surface area contributed by atoms with Crippen molar-refractivity contribution in [2.24, 2.45) is 5.73 Å². The molecule has 0 saturated carbocycles. The number of hydrogen-bond acceptors (Lipinski definition) is 2. The van der Waals surface area contributed by atoms with Gasteiger partial charge in [0.1, 0.15) is 0 Å². The lowest BCUT2D eigenvalue weighted by molar-refractivity contribution is -0.115. The number of hydrogen-bond donors (Lipinski definition) is 1. The van der Waals surface area contributed by atoms with Crippen LogP contribution in [0.25, 0.3) is 0 Å². The monoisotopic (exact) mass is 189 g/mol. The molecule has 0 radical (unpaired) electrons. The molecule has 2 heteroatoms. The molecular formula is C12H15NO. The molecule has 14 heavy (non-hydrogen) atoms. The summed E-state index contributed by atoms with van der Waals surface area (Å²) >= 11 is 0. The van der Waals surface area contributed by atoms with Gasteiger partial charge < -0.3 is 5.73 Å². The van der Waals surface area contributed by atoms with Crippen molar-refractivity contribution in [3.63, 3.8) is 0 Å². The van der Waals surface area contributed by atoms with E-state index < -0.39 is 0 Å². The lowest BCUT2D eigenvalue weighted by Gasteiger charge is -2.10. The SMILES string of the molecule is C=C(C)C(=O)CC(N)c1ccccc1. The average molecular weight is 189 g/mol. The van der Waals surface area contributed by atoms with Gasteiger partial charge in [0.25, 0.3) is 0 Å². The number of allylic oxidation sites excluding steroid dienone is 1. The van der Waals surface area contributed by atoms with Gasteiger partial charge in [-0.1, -0.05) is 36.9 Å². The van der Waals surface area contributed by atoms with Crippen LogP contribution >= 0.6 is 0 Å². The molecule has 1 aromatic rings. The van der Waals surface area contributed by atoms with Gasteiger partial charge in [0, 0.05) is 12.5 Å². The topological polar surface area (TPSA) is 43.1 Å². The second kappa shape index (κ2) is 4.72. The van der Waals surface area contributed by atoms with Gasteiger partial charge in [-0.2, -0.15) is 0 Å². The maximum absolute atomic E-state index is 11.3. The molecule has 0 bridgehead atoms. The number of ketones is 1. The van der Waals surface area contributed by atoms with Crippen LogP contribution in [0.2, 0.25) is 0 Å². The van der Waals surface area contributed by atoms with Crippen LogP contribution < -0.4 is 5.73 Å². The van der Waals surface area contributed by atoms with Gasteiger partial charge in [-0.25, -0.2) is 0 Å². The smallest absolute Gasteiger partial charge is 0.159 e. The Morgan fingerprint density at radius 1 is 1.43 bits per heavy atom. The molecule has 0 spiro atoms. The van der Waals surface area contributed by atoms with E-state index in [4.69, 9.17) is 5.73 Å². The van der Waals surface area contributed by atoms with E-state index in [9.17, 15) is 4.79 Å². The Bertz CT molecular complexity index is 329. The van der Waals surface area contributed by atoms with Gasteiger partial charge in [0.15, 0.2) is 5.78 Å². The van der Waals surface area contributed by atoms with Crippen molar-refractivity contribution in [3.05, 3.63) is 48.0 Å². The molecule has 74 valence electrons. The maximum Gasteiger partial charge on any atom is 0.159 e. The van der Waals surface area contributed by atoms with Crippen LogP contribution in [0.3, 0.4) is 0 Å². The number of carbonyl (C=O) groups is 1. The van der Waals surface area contributed by atoms with Gasteiger partial charge in [-0.05, 0) is 18.1 Å². The highest BCUT2D eigenvalue weighted by molar-refractivity contribution is 5.94. The van der Waals surface area contributed by atoms with Crippen LogP contribution in [0.4, 0.5) is 0 Å². The minimum Gasteiger partial charge on any atom is -0.324 e. The zero-order valence-electron chi connectivity index (χ0n) is 8.36. The third kappa shape index (κ3) is 2.82. The number of rotatable bonds is 4. The summed E-state index contributed by atoms with van der Waals surface area (Å²) in [4.78, 5) is 11.3. The van der Waals surface area contributed by atoms with Crippen LogP contribution in [0.15, 0.2) is 42.5 Å². The van der Waals surface area contributed by atoms with Crippen LogP contribution in [0.1, 0.15) is 24.9 Å². The van der Waals surface area contributed by atoms with Crippen LogP contribution in [-0.4, -0.2) is 5.78 Å². The largest absolute Gasteiger partial charge is 0.324 e. The molecule has 1 atom stereocenters. The highest BCUT2D eigenvalue weighted by Crippen LogP contribution is 2.14. The first-order valence-electron chi connectivity index (χ1n) is 4.60. The van der Waals surface area contributed by atoms with Gasteiger partial charge in [0.2, 0.25) is 0 Å². The van der Waals surface area contributed by atoms with E-state index in [0.29, 0.717) is 12.0 Å². The van der Waals surface area contributed by atoms with E-state index in [1.165, 1.54) is 0 Å². The summed E-state index contributed by atoms with van der Waals surface area (Å²) in [5.41, 5.74) is 7.43. The summed E-state index contributed by atoms with van der Waals surface area (Å²) in [5.74, 6) is 0.0290. The normalized spacial score (nSPS) is 12.1. The van der Waals surface area contributed by atoms with E-state index in [1.807, 2.05) is 30.3 Å². The Balaban J connectivity index is 2.64. The van der Waals surface area contributed by atoms with Crippen molar-refractivity contribution in [2.75, 3.05) is 0 Å². The maximum atomic E-state index is 11.3. The highest BCUT2D eigenvalue weighted by atomic mass is 16.1. The number of carbonyl (C=O) groups excluding carboxylic acids is 1. The molecule has 1 aromatic carbocycles. The Kier molecular flexibility index (Phi) is 3.60. The molecular weight excluding hydrogens is 174 g/mol. The molecule has 0 aliphatic carbocycles. The van der Waals surface area contributed by atoms with Gasteiger partial charge in [-0.15, -0.1) is 0 Å². The third-order valence-corrected chi connectivity index (χ3v) is 2.11. The lowest BCUT2D eigenvalue weighted by atomic mass is 10.00. The zero-order chi connectivity index (χ0) is 10.6. The van der Waals surface area contributed by atoms with E-state index in [2.05, 4.69) is 6.58 Å². The minimum absolute atomic E-state index is 0.0290. The molecule has 0 saturated heterocycles. The van der Waals surface area contributed by atoms with Crippen molar-refractivity contribution < 1.29 is 4.79 Å². The summed E-state index contributed by atoms with van der Waals surface area (Å²) in [6.07, 6.45) is 0.333. The second-order valence-corrected chi connectivity index (χ2v) is 3.42. The second-order valence-electron chi connectivity index (χ2n) is 3.42. The Labute approximate surface area is 84.4 Å². The molecule has 0 aliphatic rings. The molecule has 0 aliphatic heterocycles. The summed E-state index contributed by atoms with van der Waals surface area (Å²) in [6.45, 7) is 5.31. The minimum atomic E-state index is -0.222. The van der Waals surface area contributed by atoms with Crippen molar-refractivity contribution in [2.45, 2.75) is 19.4 Å². The molecule has 2 nitrogen and oxygen atoms in total. The van der Waals surface area contributed by atoms with Gasteiger partial charge in [0.05, 0.1) is 0 Å². The fraction of sp³-hybridized carbons (Fsp3) is 0.250. The predicted molar refractivity (Wildman–Crippen MR) is 57.8 cm³/mol. The fourth-order valence-corrected chi connectivity index (χ4v) is 1.19. The summed E-state index contributed by atoms with van der Waals surface area (Å²) < 4.78 is 0. The van der Waals surface area contributed by atoms with Crippen molar-refractivity contribution >= 4 is 5.78 Å². The predicted octanol–water partition coefficient (Wildman–Crippen LogP) is 2.22. The molecule has 0 amide bonds. The van der Waals surface area contributed by atoms with Crippen LogP contribution in [-0.2, 0) is 4.79 Å². The van der Waals surface area contributed by atoms with Crippen molar-refractivity contribution in [1.82, 2.24) is 0 Å². The number of benzene rings is 1. The summed E-state index contributed by atoms with van der Waals surface area (Å²) in [5, 5.41) is 0. The van der Waals surface area contributed by atoms with Gasteiger partial charge in [-0.3, -0.25) is 4.79 Å².